The first-order chi connectivity index (χ1) is 12.4. The SMILES string of the molecule is N#Cc1c(F)cccc1Oc1cc(C(F)(F)F)nc(-c2ccncc2)n1. The molecule has 1 aromatic carbocycles. The van der Waals surface area contributed by atoms with Gasteiger partial charge in [0.15, 0.2) is 11.5 Å². The predicted octanol–water partition coefficient (Wildman–Crippen LogP) is 4.36. The van der Waals surface area contributed by atoms with Crippen LogP contribution in [0, 0.1) is 17.1 Å². The highest BCUT2D eigenvalue weighted by atomic mass is 19.4. The number of nitrogens with zero attached hydrogens (tertiary/aromatic N) is 4. The lowest BCUT2D eigenvalue weighted by Gasteiger charge is -2.12. The molecule has 0 fully saturated rings. The van der Waals surface area contributed by atoms with E-state index >= 15 is 0 Å². The summed E-state index contributed by atoms with van der Waals surface area (Å²) in [6, 6.07) is 8.60. The summed E-state index contributed by atoms with van der Waals surface area (Å²) in [5.41, 5.74) is -1.38. The number of ether oxygens (including phenoxy) is 1. The van der Waals surface area contributed by atoms with Gasteiger partial charge in [0.1, 0.15) is 23.2 Å². The molecule has 0 atom stereocenters. The highest BCUT2D eigenvalue weighted by molar-refractivity contribution is 5.55. The van der Waals surface area contributed by atoms with Crippen LogP contribution in [0.1, 0.15) is 11.3 Å². The van der Waals surface area contributed by atoms with Crippen LogP contribution in [0.2, 0.25) is 0 Å². The lowest BCUT2D eigenvalue weighted by atomic mass is 10.2. The summed E-state index contributed by atoms with van der Waals surface area (Å²) in [6.07, 6.45) is -2.00. The fraction of sp³-hybridized carbons (Fsp3) is 0.0588. The van der Waals surface area contributed by atoms with E-state index in [1.54, 1.807) is 6.07 Å². The van der Waals surface area contributed by atoms with Crippen LogP contribution in [0.5, 0.6) is 11.6 Å². The van der Waals surface area contributed by atoms with Gasteiger partial charge in [0.2, 0.25) is 5.88 Å². The minimum Gasteiger partial charge on any atom is -0.437 e. The zero-order valence-electron chi connectivity index (χ0n) is 12.8. The van der Waals surface area contributed by atoms with Crippen molar-refractivity contribution in [1.29, 1.82) is 5.26 Å². The molecule has 0 aliphatic heterocycles. The van der Waals surface area contributed by atoms with Crippen LogP contribution in [0.25, 0.3) is 11.4 Å². The van der Waals surface area contributed by atoms with Gasteiger partial charge < -0.3 is 4.74 Å². The maximum absolute atomic E-state index is 13.6. The molecular weight excluding hydrogens is 352 g/mol. The summed E-state index contributed by atoms with van der Waals surface area (Å²) in [5, 5.41) is 9.00. The number of halogens is 4. The van der Waals surface area contributed by atoms with Gasteiger partial charge in [-0.3, -0.25) is 4.98 Å². The minimum atomic E-state index is -4.75. The Morgan fingerprint density at radius 2 is 1.77 bits per heavy atom. The van der Waals surface area contributed by atoms with Crippen molar-refractivity contribution in [2.24, 2.45) is 0 Å². The first-order valence-electron chi connectivity index (χ1n) is 7.11. The molecule has 0 bridgehead atoms. The van der Waals surface area contributed by atoms with Gasteiger partial charge in [-0.15, -0.1) is 0 Å². The molecule has 0 N–H and O–H groups in total. The Bertz CT molecular complexity index is 984. The zero-order chi connectivity index (χ0) is 18.7. The van der Waals surface area contributed by atoms with Crippen LogP contribution < -0.4 is 4.74 Å². The Balaban J connectivity index is 2.10. The van der Waals surface area contributed by atoms with E-state index in [9.17, 15) is 17.6 Å². The lowest BCUT2D eigenvalue weighted by molar-refractivity contribution is -0.141. The summed E-state index contributed by atoms with van der Waals surface area (Å²) in [6.45, 7) is 0. The monoisotopic (exact) mass is 360 g/mol. The first-order valence-corrected chi connectivity index (χ1v) is 7.11. The number of nitriles is 1. The fourth-order valence-electron chi connectivity index (χ4n) is 2.06. The predicted molar refractivity (Wildman–Crippen MR) is 81.5 cm³/mol. The van der Waals surface area contributed by atoms with Crippen LogP contribution in [-0.2, 0) is 6.18 Å². The molecule has 26 heavy (non-hydrogen) atoms. The quantitative estimate of drug-likeness (QED) is 0.649. The molecule has 0 saturated carbocycles. The molecule has 3 aromatic rings. The average molecular weight is 360 g/mol. The number of hydrogen-bond donors (Lipinski definition) is 0. The van der Waals surface area contributed by atoms with Gasteiger partial charge in [-0.25, -0.2) is 9.37 Å². The van der Waals surface area contributed by atoms with Gasteiger partial charge in [0, 0.05) is 24.0 Å². The molecule has 0 unspecified atom stereocenters. The van der Waals surface area contributed by atoms with Crippen LogP contribution in [0.15, 0.2) is 48.8 Å². The van der Waals surface area contributed by atoms with Gasteiger partial charge in [0.25, 0.3) is 0 Å². The fourth-order valence-corrected chi connectivity index (χ4v) is 2.06. The topological polar surface area (TPSA) is 71.7 Å². The summed E-state index contributed by atoms with van der Waals surface area (Å²) >= 11 is 0. The molecule has 0 spiro atoms. The second-order valence-corrected chi connectivity index (χ2v) is 4.98. The molecule has 0 radical (unpaired) electrons. The molecule has 130 valence electrons. The highest BCUT2D eigenvalue weighted by Gasteiger charge is 2.34. The number of hydrogen-bond acceptors (Lipinski definition) is 5. The summed E-state index contributed by atoms with van der Waals surface area (Å²) in [5.74, 6) is -1.82. The van der Waals surface area contributed by atoms with Gasteiger partial charge in [0.05, 0.1) is 0 Å². The standard InChI is InChI=1S/C17H8F4N4O/c18-12-2-1-3-13(11(12)9-22)26-15-8-14(17(19,20)21)24-16(25-15)10-4-6-23-7-5-10/h1-8H. The molecule has 0 amide bonds. The van der Waals surface area contributed by atoms with E-state index in [0.717, 1.165) is 6.07 Å². The smallest absolute Gasteiger partial charge is 0.433 e. The molecule has 9 heteroatoms. The van der Waals surface area contributed by atoms with Crippen molar-refractivity contribution in [2.45, 2.75) is 6.18 Å². The Kier molecular flexibility index (Phi) is 4.49. The van der Waals surface area contributed by atoms with Crippen molar-refractivity contribution in [2.75, 3.05) is 0 Å². The number of alkyl halides is 3. The van der Waals surface area contributed by atoms with E-state index in [0.29, 0.717) is 6.07 Å². The van der Waals surface area contributed by atoms with E-state index in [1.165, 1.54) is 36.7 Å². The number of aromatic nitrogens is 3. The van der Waals surface area contributed by atoms with Crippen LogP contribution >= 0.6 is 0 Å². The van der Waals surface area contributed by atoms with E-state index in [2.05, 4.69) is 15.0 Å². The zero-order valence-corrected chi connectivity index (χ0v) is 12.8. The van der Waals surface area contributed by atoms with Gasteiger partial charge >= 0.3 is 6.18 Å². The number of rotatable bonds is 3. The van der Waals surface area contributed by atoms with E-state index in [1.807, 2.05) is 0 Å². The van der Waals surface area contributed by atoms with Crippen molar-refractivity contribution in [1.82, 2.24) is 15.0 Å². The Morgan fingerprint density at radius 3 is 2.42 bits per heavy atom. The van der Waals surface area contributed by atoms with Gasteiger partial charge in [-0.1, -0.05) is 6.07 Å². The molecule has 2 aromatic heterocycles. The molecule has 2 heterocycles. The van der Waals surface area contributed by atoms with Crippen molar-refractivity contribution in [3.63, 3.8) is 0 Å². The first kappa shape index (κ1) is 17.3. The third-order valence-corrected chi connectivity index (χ3v) is 3.23. The second-order valence-electron chi connectivity index (χ2n) is 4.98. The minimum absolute atomic E-state index is 0.243. The molecule has 0 aliphatic rings. The maximum Gasteiger partial charge on any atom is 0.433 e. The van der Waals surface area contributed by atoms with Gasteiger partial charge in [-0.2, -0.15) is 23.4 Å². The third kappa shape index (κ3) is 3.59. The Morgan fingerprint density at radius 1 is 1.04 bits per heavy atom. The largest absolute Gasteiger partial charge is 0.437 e. The summed E-state index contributed by atoms with van der Waals surface area (Å²) in [7, 11) is 0. The Labute approximate surface area is 144 Å². The van der Waals surface area contributed by atoms with E-state index < -0.39 is 29.1 Å². The molecule has 3 rings (SSSR count). The third-order valence-electron chi connectivity index (χ3n) is 3.23. The summed E-state index contributed by atoms with van der Waals surface area (Å²) in [4.78, 5) is 11.2. The highest BCUT2D eigenvalue weighted by Crippen LogP contribution is 2.33. The van der Waals surface area contributed by atoms with E-state index in [-0.39, 0.29) is 17.1 Å². The maximum atomic E-state index is 13.6. The lowest BCUT2D eigenvalue weighted by Crippen LogP contribution is -2.10. The van der Waals surface area contributed by atoms with Gasteiger partial charge in [-0.05, 0) is 24.3 Å². The normalized spacial score (nSPS) is 11.0. The van der Waals surface area contributed by atoms with Crippen LogP contribution in [-0.4, -0.2) is 15.0 Å². The molecule has 5 nitrogen and oxygen atoms in total. The molecule has 0 saturated heterocycles. The van der Waals surface area contributed by atoms with Crippen LogP contribution in [0.3, 0.4) is 0 Å². The summed E-state index contributed by atoms with van der Waals surface area (Å²) < 4.78 is 58.3. The second kappa shape index (κ2) is 6.76. The Hall–Kier alpha value is -3.54. The van der Waals surface area contributed by atoms with Crippen LogP contribution in [0.4, 0.5) is 17.6 Å². The molecular formula is C17H8F4N4O. The number of pyridine rings is 1. The van der Waals surface area contributed by atoms with Crippen molar-refractivity contribution < 1.29 is 22.3 Å². The van der Waals surface area contributed by atoms with Crippen molar-refractivity contribution in [3.05, 3.63) is 65.9 Å². The molecule has 0 aliphatic carbocycles. The van der Waals surface area contributed by atoms with Crippen molar-refractivity contribution in [3.8, 4) is 29.1 Å². The van der Waals surface area contributed by atoms with Crippen molar-refractivity contribution >= 4 is 0 Å². The van der Waals surface area contributed by atoms with E-state index in [4.69, 9.17) is 10.00 Å². The number of benzene rings is 1. The average Bonchev–Trinajstić information content (AvgIpc) is 2.62.